The normalized spacial score (nSPS) is 11.0. The maximum Gasteiger partial charge on any atom is 0.277 e. The second-order valence-corrected chi connectivity index (χ2v) is 8.84. The Morgan fingerprint density at radius 2 is 1.42 bits per heavy atom. The molecule has 170 valence electrons. The summed E-state index contributed by atoms with van der Waals surface area (Å²) in [5, 5.41) is 24.4. The monoisotopic (exact) mass is 470 g/mol. The molecule has 1 amide bonds. The van der Waals surface area contributed by atoms with E-state index in [1.165, 1.54) is 24.3 Å². The maximum atomic E-state index is 12.7. The van der Waals surface area contributed by atoms with Gasteiger partial charge in [-0.2, -0.15) is 0 Å². The van der Waals surface area contributed by atoms with Gasteiger partial charge in [-0.15, -0.1) is 0 Å². The van der Waals surface area contributed by atoms with Crippen molar-refractivity contribution in [1.82, 2.24) is 0 Å². The fourth-order valence-corrected chi connectivity index (χ4v) is 4.12. The molecular weight excluding hydrogens is 452 g/mol. The summed E-state index contributed by atoms with van der Waals surface area (Å²) in [6.45, 7) is 3.67. The lowest BCUT2D eigenvalue weighted by atomic mass is 10.1. The molecule has 0 atom stereocenters. The van der Waals surface area contributed by atoms with Crippen LogP contribution >= 0.6 is 0 Å². The molecular formula is C21H18N4O7S. The van der Waals surface area contributed by atoms with Crippen molar-refractivity contribution in [2.75, 3.05) is 10.0 Å². The number of rotatable bonds is 7. The summed E-state index contributed by atoms with van der Waals surface area (Å²) in [4.78, 5) is 32.7. The summed E-state index contributed by atoms with van der Waals surface area (Å²) >= 11 is 0. The molecule has 0 saturated heterocycles. The minimum absolute atomic E-state index is 0.0496. The van der Waals surface area contributed by atoms with Crippen LogP contribution in [-0.2, 0) is 10.0 Å². The highest BCUT2D eigenvalue weighted by molar-refractivity contribution is 7.92. The van der Waals surface area contributed by atoms with E-state index >= 15 is 0 Å². The number of amides is 1. The highest BCUT2D eigenvalue weighted by atomic mass is 32.2. The zero-order valence-electron chi connectivity index (χ0n) is 17.4. The number of carbonyl (C=O) groups excluding carboxylic acids is 1. The first kappa shape index (κ1) is 23.3. The second-order valence-electron chi connectivity index (χ2n) is 7.15. The molecule has 3 aromatic rings. The van der Waals surface area contributed by atoms with Crippen LogP contribution in [0.4, 0.5) is 22.7 Å². The zero-order valence-corrected chi connectivity index (χ0v) is 18.3. The van der Waals surface area contributed by atoms with Crippen LogP contribution < -0.4 is 10.0 Å². The third-order valence-corrected chi connectivity index (χ3v) is 6.02. The van der Waals surface area contributed by atoms with Gasteiger partial charge < -0.3 is 5.32 Å². The largest absolute Gasteiger partial charge is 0.322 e. The molecule has 0 heterocycles. The summed E-state index contributed by atoms with van der Waals surface area (Å²) in [5.41, 5.74) is 0.883. The molecule has 0 unspecified atom stereocenters. The molecule has 0 bridgehead atoms. The van der Waals surface area contributed by atoms with Gasteiger partial charge in [-0.05, 0) is 49.7 Å². The molecule has 0 aliphatic carbocycles. The number of non-ortho nitro benzene ring substituents is 2. The average Bonchev–Trinajstić information content (AvgIpc) is 2.75. The molecule has 0 aliphatic rings. The van der Waals surface area contributed by atoms with Crippen molar-refractivity contribution in [2.45, 2.75) is 18.7 Å². The van der Waals surface area contributed by atoms with Crippen molar-refractivity contribution in [3.8, 4) is 0 Å². The summed E-state index contributed by atoms with van der Waals surface area (Å²) in [7, 11) is -3.89. The Balaban J connectivity index is 1.80. The van der Waals surface area contributed by atoms with Crippen LogP contribution in [0.15, 0.2) is 65.6 Å². The highest BCUT2D eigenvalue weighted by Crippen LogP contribution is 2.25. The van der Waals surface area contributed by atoms with Crippen molar-refractivity contribution >= 4 is 38.7 Å². The van der Waals surface area contributed by atoms with E-state index < -0.39 is 37.2 Å². The highest BCUT2D eigenvalue weighted by Gasteiger charge is 2.20. The Labute approximate surface area is 188 Å². The average molecular weight is 470 g/mol. The predicted octanol–water partition coefficient (Wildman–Crippen LogP) is 4.17. The SMILES string of the molecule is Cc1ccc(NS(=O)(=O)c2ccc(NC(=O)c3cc([N+](=O)[O-])cc([N+](=O)[O-])c3)cc2)c(C)c1. The van der Waals surface area contributed by atoms with Gasteiger partial charge in [0.15, 0.2) is 0 Å². The van der Waals surface area contributed by atoms with Crippen LogP contribution in [0.5, 0.6) is 0 Å². The Kier molecular flexibility index (Phi) is 6.40. The van der Waals surface area contributed by atoms with Crippen LogP contribution in [0.25, 0.3) is 0 Å². The second kappa shape index (κ2) is 9.04. The first-order chi connectivity index (χ1) is 15.5. The first-order valence-corrected chi connectivity index (χ1v) is 10.9. The molecule has 0 saturated carbocycles. The summed E-state index contributed by atoms with van der Waals surface area (Å²) in [6.07, 6.45) is 0. The van der Waals surface area contributed by atoms with Crippen LogP contribution in [0.1, 0.15) is 21.5 Å². The van der Waals surface area contributed by atoms with E-state index in [9.17, 15) is 33.4 Å². The minimum atomic E-state index is -3.89. The molecule has 12 heteroatoms. The van der Waals surface area contributed by atoms with Gasteiger partial charge in [0, 0.05) is 17.8 Å². The number of anilines is 2. The molecule has 0 aromatic heterocycles. The Hall–Kier alpha value is -4.32. The molecule has 2 N–H and O–H groups in total. The van der Waals surface area contributed by atoms with Crippen molar-refractivity contribution in [3.63, 3.8) is 0 Å². The Morgan fingerprint density at radius 1 is 0.848 bits per heavy atom. The first-order valence-electron chi connectivity index (χ1n) is 9.41. The van der Waals surface area contributed by atoms with Crippen LogP contribution in [-0.4, -0.2) is 24.2 Å². The topological polar surface area (TPSA) is 162 Å². The number of hydrogen-bond donors (Lipinski definition) is 2. The fourth-order valence-electron chi connectivity index (χ4n) is 2.99. The summed E-state index contributed by atoms with van der Waals surface area (Å²) in [5.74, 6) is -0.828. The van der Waals surface area contributed by atoms with Gasteiger partial charge in [-0.1, -0.05) is 17.7 Å². The van der Waals surface area contributed by atoms with Crippen molar-refractivity contribution < 1.29 is 23.1 Å². The van der Waals surface area contributed by atoms with E-state index in [4.69, 9.17) is 0 Å². The number of nitro benzene ring substituents is 2. The number of sulfonamides is 1. The molecule has 0 fully saturated rings. The van der Waals surface area contributed by atoms with Crippen LogP contribution in [0, 0.1) is 34.1 Å². The third kappa shape index (κ3) is 5.49. The lowest BCUT2D eigenvalue weighted by molar-refractivity contribution is -0.394. The van der Waals surface area contributed by atoms with Crippen molar-refractivity contribution in [2.24, 2.45) is 0 Å². The maximum absolute atomic E-state index is 12.7. The molecule has 3 rings (SSSR count). The van der Waals surface area contributed by atoms with E-state index in [-0.39, 0.29) is 16.1 Å². The lowest BCUT2D eigenvalue weighted by Crippen LogP contribution is -2.15. The summed E-state index contributed by atoms with van der Waals surface area (Å²) < 4.78 is 27.8. The Morgan fingerprint density at radius 3 is 1.94 bits per heavy atom. The number of nitrogens with zero attached hydrogens (tertiary/aromatic N) is 2. The quantitative estimate of drug-likeness (QED) is 0.387. The Bertz CT molecular complexity index is 1340. The van der Waals surface area contributed by atoms with Gasteiger partial charge in [-0.25, -0.2) is 8.42 Å². The van der Waals surface area contributed by atoms with Gasteiger partial charge in [0.2, 0.25) is 0 Å². The van der Waals surface area contributed by atoms with E-state index in [1.54, 1.807) is 19.1 Å². The number of nitro groups is 2. The van der Waals surface area contributed by atoms with Crippen molar-refractivity contribution in [3.05, 3.63) is 97.6 Å². The molecule has 0 radical (unpaired) electrons. The number of nitrogens with one attached hydrogen (secondary N) is 2. The van der Waals surface area contributed by atoms with Crippen LogP contribution in [0.2, 0.25) is 0 Å². The van der Waals surface area contributed by atoms with E-state index in [1.807, 2.05) is 13.0 Å². The van der Waals surface area contributed by atoms with Gasteiger partial charge >= 0.3 is 0 Å². The molecule has 33 heavy (non-hydrogen) atoms. The number of carbonyl (C=O) groups is 1. The summed E-state index contributed by atoms with van der Waals surface area (Å²) in [6, 6.07) is 13.1. The third-order valence-electron chi connectivity index (χ3n) is 4.64. The fraction of sp³-hybridized carbons (Fsp3) is 0.0952. The molecule has 11 nitrogen and oxygen atoms in total. The van der Waals surface area contributed by atoms with Gasteiger partial charge in [0.1, 0.15) is 0 Å². The minimum Gasteiger partial charge on any atom is -0.322 e. The molecule has 0 spiro atoms. The number of benzene rings is 3. The van der Waals surface area contributed by atoms with Gasteiger partial charge in [0.25, 0.3) is 27.3 Å². The lowest BCUT2D eigenvalue weighted by Gasteiger charge is -2.12. The number of aryl methyl sites for hydroxylation is 2. The smallest absolute Gasteiger partial charge is 0.277 e. The zero-order chi connectivity index (χ0) is 24.3. The standard InChI is InChI=1S/C21H18N4O7S/c1-13-3-8-20(14(2)9-13)23-33(31,32)19-6-4-16(5-7-19)22-21(26)15-10-17(24(27)28)12-18(11-15)25(29)30/h3-12,23H,1-2H3,(H,22,26). The van der Waals surface area contributed by atoms with Gasteiger partial charge in [0.05, 0.1) is 32.1 Å². The predicted molar refractivity (Wildman–Crippen MR) is 121 cm³/mol. The van der Waals surface area contributed by atoms with Crippen LogP contribution in [0.3, 0.4) is 0 Å². The van der Waals surface area contributed by atoms with E-state index in [0.717, 1.165) is 29.3 Å². The van der Waals surface area contributed by atoms with Crippen molar-refractivity contribution in [1.29, 1.82) is 0 Å². The van der Waals surface area contributed by atoms with E-state index in [0.29, 0.717) is 5.69 Å². The number of hydrogen-bond acceptors (Lipinski definition) is 7. The van der Waals surface area contributed by atoms with Gasteiger partial charge in [-0.3, -0.25) is 29.7 Å². The van der Waals surface area contributed by atoms with E-state index in [2.05, 4.69) is 10.0 Å². The molecule has 3 aromatic carbocycles. The molecule has 0 aliphatic heterocycles.